The number of fused-ring (bicyclic) bond motifs is 3. The summed E-state index contributed by atoms with van der Waals surface area (Å²) in [7, 11) is 0. The van der Waals surface area contributed by atoms with E-state index in [1.54, 1.807) is 6.08 Å². The molecule has 0 saturated carbocycles. The van der Waals surface area contributed by atoms with E-state index < -0.39 is 0 Å². The predicted octanol–water partition coefficient (Wildman–Crippen LogP) is 4.41. The van der Waals surface area contributed by atoms with E-state index in [2.05, 4.69) is 0 Å². The van der Waals surface area contributed by atoms with E-state index >= 15 is 0 Å². The van der Waals surface area contributed by atoms with Crippen LogP contribution >= 0.6 is 11.6 Å². The number of hydrogen-bond donors (Lipinski definition) is 0. The normalized spacial score (nSPS) is 11.6. The van der Waals surface area contributed by atoms with Gasteiger partial charge in [0.15, 0.2) is 5.78 Å². The van der Waals surface area contributed by atoms with E-state index in [-0.39, 0.29) is 11.7 Å². The van der Waals surface area contributed by atoms with Gasteiger partial charge in [0.2, 0.25) is 0 Å². The quantitative estimate of drug-likeness (QED) is 0.521. The highest BCUT2D eigenvalue weighted by Crippen LogP contribution is 2.29. The summed E-state index contributed by atoms with van der Waals surface area (Å²) in [5.41, 5.74) is 2.68. The van der Waals surface area contributed by atoms with Crippen LogP contribution in [0, 0.1) is 0 Å². The van der Waals surface area contributed by atoms with Crippen molar-refractivity contribution in [3.05, 3.63) is 54.1 Å². The van der Waals surface area contributed by atoms with Crippen molar-refractivity contribution in [3.8, 4) is 0 Å². The van der Waals surface area contributed by atoms with Gasteiger partial charge in [-0.1, -0.05) is 30.3 Å². The summed E-state index contributed by atoms with van der Waals surface area (Å²) in [5, 5.41) is 2.13. The molecule has 0 saturated heterocycles. The van der Waals surface area contributed by atoms with Crippen molar-refractivity contribution in [2.75, 3.05) is 5.88 Å². The standard InChI is InChI=1S/C16H11ClO2/c17-10-12(18)7-5-11-6-8-16-14(9-11)13-3-1-2-4-15(13)19-16/h1-9H,10H2. The zero-order valence-corrected chi connectivity index (χ0v) is 10.9. The first-order valence-electron chi connectivity index (χ1n) is 5.96. The number of ketones is 1. The van der Waals surface area contributed by atoms with Crippen molar-refractivity contribution in [1.29, 1.82) is 0 Å². The Hall–Kier alpha value is -2.06. The van der Waals surface area contributed by atoms with E-state index in [9.17, 15) is 4.79 Å². The number of furan rings is 1. The Morgan fingerprint density at radius 2 is 1.89 bits per heavy atom. The first kappa shape index (κ1) is 12.0. The van der Waals surface area contributed by atoms with E-state index in [0.29, 0.717) is 0 Å². The van der Waals surface area contributed by atoms with Gasteiger partial charge in [0, 0.05) is 10.8 Å². The molecule has 0 unspecified atom stereocenters. The smallest absolute Gasteiger partial charge is 0.170 e. The first-order chi connectivity index (χ1) is 9.28. The summed E-state index contributed by atoms with van der Waals surface area (Å²) in [5.74, 6) is -0.0910. The molecule has 3 rings (SSSR count). The molecule has 0 fully saturated rings. The lowest BCUT2D eigenvalue weighted by molar-refractivity contribution is -0.112. The lowest BCUT2D eigenvalue weighted by Crippen LogP contribution is -1.91. The number of carbonyl (C=O) groups excluding carboxylic acids is 1. The average Bonchev–Trinajstić information content (AvgIpc) is 2.82. The number of allylic oxidation sites excluding steroid dienone is 1. The number of alkyl halides is 1. The Balaban J connectivity index is 2.11. The van der Waals surface area contributed by atoms with Gasteiger partial charge in [-0.2, -0.15) is 0 Å². The molecule has 0 aliphatic rings. The van der Waals surface area contributed by atoms with Gasteiger partial charge in [-0.25, -0.2) is 0 Å². The highest BCUT2D eigenvalue weighted by molar-refractivity contribution is 6.29. The number of benzene rings is 2. The molecule has 0 atom stereocenters. The molecule has 1 heterocycles. The minimum Gasteiger partial charge on any atom is -0.456 e. The zero-order valence-electron chi connectivity index (χ0n) is 10.1. The molecule has 19 heavy (non-hydrogen) atoms. The monoisotopic (exact) mass is 270 g/mol. The van der Waals surface area contributed by atoms with Crippen molar-refractivity contribution in [2.24, 2.45) is 0 Å². The van der Waals surface area contributed by atoms with Crippen molar-refractivity contribution >= 4 is 45.4 Å². The van der Waals surface area contributed by atoms with Gasteiger partial charge in [-0.15, -0.1) is 11.6 Å². The zero-order chi connectivity index (χ0) is 13.2. The number of halogens is 1. The van der Waals surface area contributed by atoms with Crippen LogP contribution in [-0.4, -0.2) is 11.7 Å². The van der Waals surface area contributed by atoms with Crippen LogP contribution in [0.5, 0.6) is 0 Å². The first-order valence-corrected chi connectivity index (χ1v) is 6.49. The van der Waals surface area contributed by atoms with Crippen molar-refractivity contribution in [2.45, 2.75) is 0 Å². The fraction of sp³-hybridized carbons (Fsp3) is 0.0625. The molecule has 94 valence electrons. The molecule has 1 aromatic heterocycles. The number of rotatable bonds is 3. The van der Waals surface area contributed by atoms with Crippen molar-refractivity contribution in [1.82, 2.24) is 0 Å². The maximum atomic E-state index is 11.2. The molecule has 2 aromatic carbocycles. The number of para-hydroxylation sites is 1. The number of hydrogen-bond acceptors (Lipinski definition) is 2. The topological polar surface area (TPSA) is 30.2 Å². The van der Waals surface area contributed by atoms with Gasteiger partial charge in [0.25, 0.3) is 0 Å². The molecule has 0 bridgehead atoms. The minimum absolute atomic E-state index is 0.00733. The van der Waals surface area contributed by atoms with Gasteiger partial charge < -0.3 is 4.42 Å². The van der Waals surface area contributed by atoms with Crippen molar-refractivity contribution in [3.63, 3.8) is 0 Å². The average molecular weight is 271 g/mol. The van der Waals surface area contributed by atoms with Crippen molar-refractivity contribution < 1.29 is 9.21 Å². The molecular formula is C16H11ClO2. The van der Waals surface area contributed by atoms with Crippen LogP contribution in [0.4, 0.5) is 0 Å². The molecule has 3 heteroatoms. The summed E-state index contributed by atoms with van der Waals surface area (Å²) in [6, 6.07) is 13.8. The van der Waals surface area contributed by atoms with Gasteiger partial charge in [0.05, 0.1) is 5.88 Å². The minimum atomic E-state index is -0.0983. The van der Waals surface area contributed by atoms with Crippen LogP contribution in [0.3, 0.4) is 0 Å². The van der Waals surface area contributed by atoms with E-state index in [0.717, 1.165) is 27.5 Å². The maximum absolute atomic E-state index is 11.2. The summed E-state index contributed by atoms with van der Waals surface area (Å²) < 4.78 is 5.74. The second-order valence-corrected chi connectivity index (χ2v) is 4.55. The second-order valence-electron chi connectivity index (χ2n) is 4.29. The third kappa shape index (κ3) is 2.27. The molecule has 3 aromatic rings. The third-order valence-corrected chi connectivity index (χ3v) is 3.26. The molecule has 2 nitrogen and oxygen atoms in total. The van der Waals surface area contributed by atoms with Crippen LogP contribution in [0.1, 0.15) is 5.56 Å². The van der Waals surface area contributed by atoms with E-state index in [1.807, 2.05) is 42.5 Å². The van der Waals surface area contributed by atoms with E-state index in [1.165, 1.54) is 6.08 Å². The fourth-order valence-electron chi connectivity index (χ4n) is 2.08. The highest BCUT2D eigenvalue weighted by atomic mass is 35.5. The largest absolute Gasteiger partial charge is 0.456 e. The van der Waals surface area contributed by atoms with Crippen LogP contribution in [-0.2, 0) is 4.79 Å². The van der Waals surface area contributed by atoms with Gasteiger partial charge >= 0.3 is 0 Å². The Kier molecular flexibility index (Phi) is 3.10. The molecule has 0 amide bonds. The molecule has 0 radical (unpaired) electrons. The third-order valence-electron chi connectivity index (χ3n) is 2.99. The highest BCUT2D eigenvalue weighted by Gasteiger charge is 2.05. The fourth-order valence-corrected chi connectivity index (χ4v) is 2.17. The molecule has 0 N–H and O–H groups in total. The lowest BCUT2D eigenvalue weighted by atomic mass is 10.1. The summed E-state index contributed by atoms with van der Waals surface area (Å²) in [6.45, 7) is 0. The van der Waals surface area contributed by atoms with Gasteiger partial charge in [-0.3, -0.25) is 4.79 Å². The summed E-state index contributed by atoms with van der Waals surface area (Å²) in [6.07, 6.45) is 3.27. The predicted molar refractivity (Wildman–Crippen MR) is 78.5 cm³/mol. The lowest BCUT2D eigenvalue weighted by Gasteiger charge is -1.94. The van der Waals surface area contributed by atoms with Gasteiger partial charge in [0.1, 0.15) is 11.2 Å². The molecule has 0 aliphatic heterocycles. The Bertz CT molecular complexity index is 784. The molecule has 0 aliphatic carbocycles. The number of carbonyl (C=O) groups is 1. The Morgan fingerprint density at radius 3 is 2.74 bits per heavy atom. The molecule has 0 spiro atoms. The molecular weight excluding hydrogens is 260 g/mol. The summed E-state index contributed by atoms with van der Waals surface area (Å²) in [4.78, 5) is 11.2. The van der Waals surface area contributed by atoms with Crippen LogP contribution in [0.25, 0.3) is 28.0 Å². The van der Waals surface area contributed by atoms with Crippen LogP contribution < -0.4 is 0 Å². The van der Waals surface area contributed by atoms with E-state index in [4.69, 9.17) is 16.0 Å². The maximum Gasteiger partial charge on any atom is 0.170 e. The van der Waals surface area contributed by atoms with Crippen LogP contribution in [0.15, 0.2) is 53.0 Å². The van der Waals surface area contributed by atoms with Gasteiger partial charge in [-0.05, 0) is 29.8 Å². The summed E-state index contributed by atoms with van der Waals surface area (Å²) >= 11 is 5.46. The SMILES string of the molecule is O=C(C=Cc1ccc2oc3ccccc3c2c1)CCl. The Labute approximate surface area is 115 Å². The Morgan fingerprint density at radius 1 is 1.11 bits per heavy atom. The van der Waals surface area contributed by atoms with Crippen LogP contribution in [0.2, 0.25) is 0 Å². The second kappa shape index (κ2) is 4.90.